The summed E-state index contributed by atoms with van der Waals surface area (Å²) in [6.07, 6.45) is 4.94. The van der Waals surface area contributed by atoms with E-state index in [1.165, 1.54) is 18.5 Å². The third-order valence-electron chi connectivity index (χ3n) is 4.80. The Morgan fingerprint density at radius 1 is 1.30 bits per heavy atom. The van der Waals surface area contributed by atoms with Crippen molar-refractivity contribution in [3.8, 4) is 0 Å². The maximum absolute atomic E-state index is 12.1. The largest absolute Gasteiger partial charge is 0.335 e. The number of hydrogen-bond donors (Lipinski definition) is 2. The number of nitrogens with zero attached hydrogens (tertiary/aromatic N) is 4. The molecule has 146 valence electrons. The van der Waals surface area contributed by atoms with E-state index in [0.29, 0.717) is 13.0 Å². The van der Waals surface area contributed by atoms with E-state index in [1.807, 2.05) is 25.1 Å². The molecule has 0 bridgehead atoms. The van der Waals surface area contributed by atoms with Crippen LogP contribution in [0, 0.1) is 0 Å². The van der Waals surface area contributed by atoms with Crippen LogP contribution < -0.4 is 10.6 Å². The van der Waals surface area contributed by atoms with Crippen molar-refractivity contribution in [1.82, 2.24) is 30.3 Å². The zero-order chi connectivity index (χ0) is 19.1. The number of nitrogens with one attached hydrogen (secondary N) is 2. The summed E-state index contributed by atoms with van der Waals surface area (Å²) in [5, 5.41) is 10.5. The van der Waals surface area contributed by atoms with Crippen LogP contribution in [0.2, 0.25) is 0 Å². The minimum absolute atomic E-state index is 0.0159. The van der Waals surface area contributed by atoms with Crippen LogP contribution in [0.1, 0.15) is 43.8 Å². The summed E-state index contributed by atoms with van der Waals surface area (Å²) in [5.74, 6) is 0. The lowest BCUT2D eigenvalue weighted by atomic mass is 10.2. The average molecular weight is 371 g/mol. The second kappa shape index (κ2) is 9.50. The van der Waals surface area contributed by atoms with Crippen LogP contribution in [0.5, 0.6) is 0 Å². The first-order valence-electron chi connectivity index (χ1n) is 9.86. The van der Waals surface area contributed by atoms with Crippen molar-refractivity contribution in [3.05, 3.63) is 47.5 Å². The van der Waals surface area contributed by atoms with E-state index in [1.54, 1.807) is 6.20 Å². The maximum atomic E-state index is 12.1. The summed E-state index contributed by atoms with van der Waals surface area (Å²) in [5.41, 5.74) is 3.12. The molecule has 27 heavy (non-hydrogen) atoms. The van der Waals surface area contributed by atoms with E-state index in [4.69, 9.17) is 0 Å². The van der Waals surface area contributed by atoms with E-state index in [9.17, 15) is 4.79 Å². The van der Waals surface area contributed by atoms with E-state index in [2.05, 4.69) is 43.3 Å². The Labute approximate surface area is 161 Å². The molecule has 1 aliphatic rings. The Morgan fingerprint density at radius 2 is 2.19 bits per heavy atom. The third kappa shape index (κ3) is 5.79. The summed E-state index contributed by atoms with van der Waals surface area (Å²) < 4.78 is 2.07. The van der Waals surface area contributed by atoms with Crippen molar-refractivity contribution in [2.45, 2.75) is 58.8 Å². The molecule has 0 saturated heterocycles. The Balaban J connectivity index is 1.43. The smallest absolute Gasteiger partial charge is 0.315 e. The minimum Gasteiger partial charge on any atom is -0.335 e. The lowest BCUT2D eigenvalue weighted by Crippen LogP contribution is -2.41. The van der Waals surface area contributed by atoms with Crippen LogP contribution in [-0.4, -0.2) is 44.8 Å². The van der Waals surface area contributed by atoms with Gasteiger partial charge in [0, 0.05) is 37.4 Å². The lowest BCUT2D eigenvalue weighted by molar-refractivity contribution is 0.210. The van der Waals surface area contributed by atoms with E-state index < -0.39 is 0 Å². The highest BCUT2D eigenvalue weighted by molar-refractivity contribution is 5.74. The van der Waals surface area contributed by atoms with Gasteiger partial charge >= 0.3 is 6.03 Å². The SMILES string of the molecule is CCCCN1CCn2nc(CNC(=O)N[C@H](C)Cc3ccccn3)cc2C1. The second-order valence-corrected chi connectivity index (χ2v) is 7.23. The summed E-state index contributed by atoms with van der Waals surface area (Å²) >= 11 is 0. The first-order valence-corrected chi connectivity index (χ1v) is 9.86. The standard InChI is InChI=1S/C20H30N6O/c1-3-4-9-25-10-11-26-19(15-25)13-18(24-26)14-22-20(27)23-16(2)12-17-7-5-6-8-21-17/h5-8,13,16H,3-4,9-12,14-15H2,1-2H3,(H2,22,23,27)/t16-/m1/s1. The Kier molecular flexibility index (Phi) is 6.81. The van der Waals surface area contributed by atoms with Crippen molar-refractivity contribution in [1.29, 1.82) is 0 Å². The molecule has 7 heteroatoms. The van der Waals surface area contributed by atoms with Crippen LogP contribution in [0.25, 0.3) is 0 Å². The van der Waals surface area contributed by atoms with Gasteiger partial charge in [-0.3, -0.25) is 14.6 Å². The second-order valence-electron chi connectivity index (χ2n) is 7.23. The fourth-order valence-electron chi connectivity index (χ4n) is 3.37. The van der Waals surface area contributed by atoms with Crippen LogP contribution in [0.3, 0.4) is 0 Å². The van der Waals surface area contributed by atoms with Crippen molar-refractivity contribution < 1.29 is 4.79 Å². The predicted octanol–water partition coefficient (Wildman–Crippen LogP) is 2.32. The van der Waals surface area contributed by atoms with Crippen LogP contribution in [0.15, 0.2) is 30.5 Å². The molecule has 7 nitrogen and oxygen atoms in total. The van der Waals surface area contributed by atoms with Gasteiger partial charge in [0.25, 0.3) is 0 Å². The zero-order valence-electron chi connectivity index (χ0n) is 16.3. The highest BCUT2D eigenvalue weighted by Gasteiger charge is 2.18. The highest BCUT2D eigenvalue weighted by Crippen LogP contribution is 2.14. The molecule has 1 atom stereocenters. The maximum Gasteiger partial charge on any atom is 0.315 e. The first kappa shape index (κ1) is 19.4. The van der Waals surface area contributed by atoms with Crippen LogP contribution in [0.4, 0.5) is 4.79 Å². The monoisotopic (exact) mass is 370 g/mol. The number of fused-ring (bicyclic) bond motifs is 1. The van der Waals surface area contributed by atoms with Gasteiger partial charge in [0.05, 0.1) is 24.5 Å². The fraction of sp³-hybridized carbons (Fsp3) is 0.550. The van der Waals surface area contributed by atoms with Gasteiger partial charge in [-0.2, -0.15) is 5.10 Å². The molecule has 3 heterocycles. The molecule has 1 aliphatic heterocycles. The molecule has 2 N–H and O–H groups in total. The molecule has 0 fully saturated rings. The summed E-state index contributed by atoms with van der Waals surface area (Å²) in [7, 11) is 0. The molecular weight excluding hydrogens is 340 g/mol. The molecule has 0 aromatic carbocycles. The Bertz CT molecular complexity index is 729. The zero-order valence-corrected chi connectivity index (χ0v) is 16.3. The number of unbranched alkanes of at least 4 members (excludes halogenated alkanes) is 1. The van der Waals surface area contributed by atoms with Gasteiger partial charge in [0.1, 0.15) is 0 Å². The van der Waals surface area contributed by atoms with Gasteiger partial charge in [0.2, 0.25) is 0 Å². The highest BCUT2D eigenvalue weighted by atomic mass is 16.2. The molecule has 0 spiro atoms. The number of urea groups is 1. The molecule has 2 aromatic rings. The van der Waals surface area contributed by atoms with E-state index in [0.717, 1.165) is 37.6 Å². The van der Waals surface area contributed by atoms with E-state index in [-0.39, 0.29) is 12.1 Å². The van der Waals surface area contributed by atoms with Crippen molar-refractivity contribution in [2.75, 3.05) is 13.1 Å². The molecule has 0 unspecified atom stereocenters. The summed E-state index contributed by atoms with van der Waals surface area (Å²) in [6, 6.07) is 7.77. The van der Waals surface area contributed by atoms with Gasteiger partial charge < -0.3 is 10.6 Å². The van der Waals surface area contributed by atoms with Gasteiger partial charge in [-0.05, 0) is 38.1 Å². The van der Waals surface area contributed by atoms with Gasteiger partial charge in [-0.15, -0.1) is 0 Å². The molecule has 0 saturated carbocycles. The average Bonchev–Trinajstić information content (AvgIpc) is 3.07. The number of rotatable bonds is 8. The number of aromatic nitrogens is 3. The quantitative estimate of drug-likeness (QED) is 0.748. The Hall–Kier alpha value is -2.41. The number of amides is 2. The van der Waals surface area contributed by atoms with Crippen molar-refractivity contribution in [3.63, 3.8) is 0 Å². The summed E-state index contributed by atoms with van der Waals surface area (Å²) in [4.78, 5) is 18.9. The van der Waals surface area contributed by atoms with Gasteiger partial charge in [-0.25, -0.2) is 4.79 Å². The Morgan fingerprint density at radius 3 is 2.96 bits per heavy atom. The van der Waals surface area contributed by atoms with Gasteiger partial charge in [0.15, 0.2) is 0 Å². The van der Waals surface area contributed by atoms with E-state index >= 15 is 0 Å². The molecule has 0 radical (unpaired) electrons. The van der Waals surface area contributed by atoms with Crippen LogP contribution >= 0.6 is 0 Å². The normalized spacial score (nSPS) is 15.2. The van der Waals surface area contributed by atoms with Crippen molar-refractivity contribution >= 4 is 6.03 Å². The lowest BCUT2D eigenvalue weighted by Gasteiger charge is -2.27. The molecule has 0 aliphatic carbocycles. The molecule has 2 amide bonds. The van der Waals surface area contributed by atoms with Crippen LogP contribution in [-0.2, 0) is 26.1 Å². The molecule has 2 aromatic heterocycles. The number of carbonyl (C=O) groups excluding carboxylic acids is 1. The third-order valence-corrected chi connectivity index (χ3v) is 4.80. The fourth-order valence-corrected chi connectivity index (χ4v) is 3.37. The number of pyridine rings is 1. The topological polar surface area (TPSA) is 75.1 Å². The number of carbonyl (C=O) groups is 1. The van der Waals surface area contributed by atoms with Gasteiger partial charge in [-0.1, -0.05) is 19.4 Å². The molecule has 3 rings (SSSR count). The first-order chi connectivity index (χ1) is 13.1. The molecular formula is C20H30N6O. The van der Waals surface area contributed by atoms with Crippen molar-refractivity contribution in [2.24, 2.45) is 0 Å². The predicted molar refractivity (Wildman–Crippen MR) is 105 cm³/mol. The number of hydrogen-bond acceptors (Lipinski definition) is 4. The minimum atomic E-state index is -0.172. The summed E-state index contributed by atoms with van der Waals surface area (Å²) in [6.45, 7) is 8.71.